The lowest BCUT2D eigenvalue weighted by atomic mass is 9.87. The molecule has 1 aliphatic rings. The fraction of sp³-hybridized carbons (Fsp3) is 0.407. The number of aryl methyl sites for hydroxylation is 2. The Kier molecular flexibility index (Phi) is 5.60. The number of nitrogens with one attached hydrogen (secondary N) is 1. The minimum absolute atomic E-state index is 0.437. The quantitative estimate of drug-likeness (QED) is 0.403. The molecule has 4 heterocycles. The van der Waals surface area contributed by atoms with Crippen molar-refractivity contribution in [1.82, 2.24) is 20.0 Å². The summed E-state index contributed by atoms with van der Waals surface area (Å²) in [5.41, 5.74) is 9.72. The Hall–Kier alpha value is -2.92. The van der Waals surface area contributed by atoms with Crippen molar-refractivity contribution in [2.24, 2.45) is 0 Å². The number of aromatic nitrogens is 3. The lowest BCUT2D eigenvalue weighted by molar-refractivity contribution is 0.199. The van der Waals surface area contributed by atoms with Gasteiger partial charge in [0.05, 0.1) is 11.4 Å². The topological polar surface area (TPSA) is 58.0 Å². The summed E-state index contributed by atoms with van der Waals surface area (Å²) in [4.78, 5) is 10.8. The molecule has 5 heteroatoms. The van der Waals surface area contributed by atoms with Crippen LogP contribution in [-0.2, 0) is 6.54 Å². The standard InChI is InChI=1S/C27H32N4O/c1-17(2)26-24-15-21(20-7-10-31(11-8-20)16-23-9-12-32-30-23)5-6-25(24)29-27(26)22-13-18(3)28-19(4)14-22/h5-6,9,12-15,17,20,29H,7-8,10-11,16H2,1-4H3. The smallest absolute Gasteiger partial charge is 0.124 e. The van der Waals surface area contributed by atoms with Crippen LogP contribution in [0.3, 0.4) is 0 Å². The number of nitrogens with zero attached hydrogens (tertiary/aromatic N) is 3. The molecule has 0 radical (unpaired) electrons. The first-order valence-corrected chi connectivity index (χ1v) is 11.7. The van der Waals surface area contributed by atoms with Crippen molar-refractivity contribution in [2.75, 3.05) is 13.1 Å². The largest absolute Gasteiger partial charge is 0.364 e. The number of benzene rings is 1. The van der Waals surface area contributed by atoms with Gasteiger partial charge >= 0.3 is 0 Å². The van der Waals surface area contributed by atoms with Crippen molar-refractivity contribution in [3.05, 3.63) is 70.9 Å². The van der Waals surface area contributed by atoms with Gasteiger partial charge in [-0.15, -0.1) is 0 Å². The summed E-state index contributed by atoms with van der Waals surface area (Å²) in [5.74, 6) is 1.05. The normalized spacial score (nSPS) is 15.8. The van der Waals surface area contributed by atoms with Gasteiger partial charge in [0.15, 0.2) is 0 Å². The minimum atomic E-state index is 0.437. The second-order valence-corrected chi connectivity index (χ2v) is 9.55. The molecule has 1 saturated heterocycles. The zero-order chi connectivity index (χ0) is 22.2. The molecule has 0 bridgehead atoms. The Labute approximate surface area is 189 Å². The zero-order valence-corrected chi connectivity index (χ0v) is 19.5. The minimum Gasteiger partial charge on any atom is -0.364 e. The molecule has 3 aromatic heterocycles. The van der Waals surface area contributed by atoms with Crippen molar-refractivity contribution in [3.8, 4) is 11.3 Å². The van der Waals surface area contributed by atoms with Crippen molar-refractivity contribution < 1.29 is 4.52 Å². The number of hydrogen-bond donors (Lipinski definition) is 1. The second-order valence-electron chi connectivity index (χ2n) is 9.55. The highest BCUT2D eigenvalue weighted by molar-refractivity contribution is 5.92. The Morgan fingerprint density at radius 1 is 1.06 bits per heavy atom. The Morgan fingerprint density at radius 2 is 1.81 bits per heavy atom. The molecule has 0 spiro atoms. The third kappa shape index (κ3) is 4.09. The summed E-state index contributed by atoms with van der Waals surface area (Å²) in [7, 11) is 0. The summed E-state index contributed by atoms with van der Waals surface area (Å²) in [5, 5.41) is 5.43. The maximum Gasteiger partial charge on any atom is 0.124 e. The van der Waals surface area contributed by atoms with E-state index in [0.717, 1.165) is 36.7 Å². The Balaban J connectivity index is 1.43. The van der Waals surface area contributed by atoms with E-state index in [4.69, 9.17) is 4.52 Å². The molecule has 1 fully saturated rings. The number of rotatable bonds is 5. The van der Waals surface area contributed by atoms with E-state index >= 15 is 0 Å². The fourth-order valence-corrected chi connectivity index (χ4v) is 5.26. The lowest BCUT2D eigenvalue weighted by Crippen LogP contribution is -2.32. The average molecular weight is 429 g/mol. The molecule has 1 N–H and O–H groups in total. The van der Waals surface area contributed by atoms with Crippen LogP contribution in [0.1, 0.15) is 66.7 Å². The van der Waals surface area contributed by atoms with E-state index in [9.17, 15) is 0 Å². The number of hydrogen-bond acceptors (Lipinski definition) is 4. The molecule has 0 aliphatic carbocycles. The molecular weight excluding hydrogens is 396 g/mol. The van der Waals surface area contributed by atoms with E-state index in [1.807, 2.05) is 6.07 Å². The maximum absolute atomic E-state index is 4.98. The SMILES string of the molecule is Cc1cc(-c2[nH]c3ccc(C4CCN(Cc5ccon5)CC4)cc3c2C(C)C)cc(C)n1. The molecule has 166 valence electrons. The van der Waals surface area contributed by atoms with Crippen LogP contribution >= 0.6 is 0 Å². The lowest BCUT2D eigenvalue weighted by Gasteiger charge is -2.31. The van der Waals surface area contributed by atoms with E-state index in [2.05, 4.69) is 78.1 Å². The number of likely N-dealkylation sites (tertiary alicyclic amines) is 1. The summed E-state index contributed by atoms with van der Waals surface area (Å²) < 4.78 is 4.98. The molecule has 0 saturated carbocycles. The van der Waals surface area contributed by atoms with Gasteiger partial charge in [-0.05, 0) is 87.0 Å². The summed E-state index contributed by atoms with van der Waals surface area (Å²) in [6.45, 7) is 11.8. The predicted octanol–water partition coefficient (Wildman–Crippen LogP) is 6.34. The van der Waals surface area contributed by atoms with Crippen LogP contribution in [0, 0.1) is 13.8 Å². The van der Waals surface area contributed by atoms with Gasteiger partial charge in [-0.25, -0.2) is 0 Å². The fourth-order valence-electron chi connectivity index (χ4n) is 5.26. The molecule has 0 unspecified atom stereocenters. The van der Waals surface area contributed by atoms with Crippen molar-refractivity contribution in [2.45, 2.75) is 58.9 Å². The molecule has 5 nitrogen and oxygen atoms in total. The summed E-state index contributed by atoms with van der Waals surface area (Å²) >= 11 is 0. The number of fused-ring (bicyclic) bond motifs is 1. The molecule has 1 aliphatic heterocycles. The molecule has 0 atom stereocenters. The number of aromatic amines is 1. The van der Waals surface area contributed by atoms with E-state index in [1.165, 1.54) is 46.1 Å². The molecule has 4 aromatic rings. The van der Waals surface area contributed by atoms with Gasteiger partial charge in [0.1, 0.15) is 6.26 Å². The van der Waals surface area contributed by atoms with Crippen molar-refractivity contribution >= 4 is 10.9 Å². The van der Waals surface area contributed by atoms with E-state index < -0.39 is 0 Å². The molecular formula is C27H32N4O. The van der Waals surface area contributed by atoms with Crippen molar-refractivity contribution in [3.63, 3.8) is 0 Å². The van der Waals surface area contributed by atoms with Gasteiger partial charge in [0.25, 0.3) is 0 Å². The number of pyridine rings is 1. The van der Waals surface area contributed by atoms with E-state index in [1.54, 1.807) is 6.26 Å². The average Bonchev–Trinajstić information content (AvgIpc) is 3.40. The van der Waals surface area contributed by atoms with Crippen LogP contribution in [0.15, 0.2) is 47.2 Å². The molecule has 32 heavy (non-hydrogen) atoms. The van der Waals surface area contributed by atoms with Crippen LogP contribution < -0.4 is 0 Å². The van der Waals surface area contributed by atoms with Crippen LogP contribution in [0.2, 0.25) is 0 Å². The summed E-state index contributed by atoms with van der Waals surface area (Å²) in [6.07, 6.45) is 4.02. The van der Waals surface area contributed by atoms with Gasteiger partial charge in [-0.3, -0.25) is 9.88 Å². The third-order valence-corrected chi connectivity index (χ3v) is 6.75. The van der Waals surface area contributed by atoms with Crippen molar-refractivity contribution in [1.29, 1.82) is 0 Å². The highest BCUT2D eigenvalue weighted by Gasteiger charge is 2.23. The van der Waals surface area contributed by atoms with Gasteiger partial charge in [0, 0.05) is 40.5 Å². The Bertz CT molecular complexity index is 1190. The number of H-pyrrole nitrogens is 1. The zero-order valence-electron chi connectivity index (χ0n) is 19.5. The first-order valence-electron chi connectivity index (χ1n) is 11.7. The summed E-state index contributed by atoms with van der Waals surface area (Å²) in [6, 6.07) is 13.4. The highest BCUT2D eigenvalue weighted by Crippen LogP contribution is 2.38. The Morgan fingerprint density at radius 3 is 2.47 bits per heavy atom. The van der Waals surface area contributed by atoms with E-state index in [-0.39, 0.29) is 0 Å². The second kappa shape index (κ2) is 8.55. The monoisotopic (exact) mass is 428 g/mol. The maximum atomic E-state index is 4.98. The first kappa shape index (κ1) is 21.0. The first-order chi connectivity index (χ1) is 15.5. The molecule has 1 aromatic carbocycles. The van der Waals surface area contributed by atoms with E-state index in [0.29, 0.717) is 11.8 Å². The molecule has 0 amide bonds. The predicted molar refractivity (Wildman–Crippen MR) is 129 cm³/mol. The van der Waals surface area contributed by atoms with Gasteiger partial charge < -0.3 is 9.51 Å². The van der Waals surface area contributed by atoms with Crippen LogP contribution in [0.4, 0.5) is 0 Å². The van der Waals surface area contributed by atoms with Gasteiger partial charge in [-0.1, -0.05) is 25.1 Å². The third-order valence-electron chi connectivity index (χ3n) is 6.75. The van der Waals surface area contributed by atoms with Gasteiger partial charge in [-0.2, -0.15) is 0 Å². The van der Waals surface area contributed by atoms with Crippen LogP contribution in [-0.4, -0.2) is 33.1 Å². The molecule has 5 rings (SSSR count). The highest BCUT2D eigenvalue weighted by atomic mass is 16.5. The van der Waals surface area contributed by atoms with Crippen LogP contribution in [0.25, 0.3) is 22.2 Å². The van der Waals surface area contributed by atoms with Gasteiger partial charge in [0.2, 0.25) is 0 Å². The number of piperidine rings is 1. The van der Waals surface area contributed by atoms with Crippen LogP contribution in [0.5, 0.6) is 0 Å².